The maximum Gasteiger partial charge on any atom is 0.274 e. The van der Waals surface area contributed by atoms with Crippen LogP contribution < -0.4 is 10.7 Å². The molecule has 0 radical (unpaired) electrons. The lowest BCUT2D eigenvalue weighted by molar-refractivity contribution is 0.0716. The minimum absolute atomic E-state index is 0.230. The molecule has 30 heavy (non-hydrogen) atoms. The van der Waals surface area contributed by atoms with Crippen molar-refractivity contribution in [2.24, 2.45) is 0 Å². The molecule has 0 atom stereocenters. The summed E-state index contributed by atoms with van der Waals surface area (Å²) >= 11 is 0. The molecule has 1 aromatic carbocycles. The van der Waals surface area contributed by atoms with Gasteiger partial charge in [-0.05, 0) is 6.92 Å². The zero-order chi connectivity index (χ0) is 22.0. The number of hydrogen-bond acceptors (Lipinski definition) is 4. The maximum atomic E-state index is 13.7. The van der Waals surface area contributed by atoms with Crippen molar-refractivity contribution in [1.29, 1.82) is 0 Å². The number of halogens is 3. The summed E-state index contributed by atoms with van der Waals surface area (Å²) in [6.45, 7) is 1.98. The third-order valence-electron chi connectivity index (χ3n) is 4.69. The fourth-order valence-electron chi connectivity index (χ4n) is 3.10. The zero-order valence-electron chi connectivity index (χ0n) is 15.9. The molecule has 2 N–H and O–H groups in total. The number of carbonyl (C=O) groups excluding carboxylic acids is 2. The van der Waals surface area contributed by atoms with Gasteiger partial charge in [-0.15, -0.1) is 0 Å². The van der Waals surface area contributed by atoms with E-state index in [1.807, 2.05) is 0 Å². The summed E-state index contributed by atoms with van der Waals surface area (Å²) in [5.41, 5.74) is -2.39. The zero-order valence-corrected chi connectivity index (χ0v) is 15.9. The van der Waals surface area contributed by atoms with Gasteiger partial charge in [-0.1, -0.05) is 12.2 Å². The van der Waals surface area contributed by atoms with Gasteiger partial charge in [0, 0.05) is 50.1 Å². The summed E-state index contributed by atoms with van der Waals surface area (Å²) in [6, 6.07) is 0.935. The summed E-state index contributed by atoms with van der Waals surface area (Å²) in [6.07, 6.45) is 4.63. The Kier molecular flexibility index (Phi) is 5.95. The van der Waals surface area contributed by atoms with Gasteiger partial charge in [-0.2, -0.15) is 0 Å². The molecule has 0 spiro atoms. The molecular weight excluding hydrogens is 403 g/mol. The van der Waals surface area contributed by atoms with Crippen molar-refractivity contribution in [3.8, 4) is 5.75 Å². The number of amides is 2. The lowest BCUT2D eigenvalue weighted by atomic mass is 10.1. The number of hydrogen-bond donors (Lipinski definition) is 2. The molecule has 3 rings (SSSR count). The van der Waals surface area contributed by atoms with Gasteiger partial charge >= 0.3 is 0 Å². The number of pyridine rings is 1. The van der Waals surface area contributed by atoms with Crippen LogP contribution in [0.25, 0.3) is 0 Å². The SMILES string of the molecule is C/C=C\CN1CCn2cc(C(=O)NCc3c(F)cc(F)cc3F)c(=O)c(O)c2C1=O. The summed E-state index contributed by atoms with van der Waals surface area (Å²) < 4.78 is 41.7. The van der Waals surface area contributed by atoms with Crippen molar-refractivity contribution < 1.29 is 27.9 Å². The van der Waals surface area contributed by atoms with E-state index in [4.69, 9.17) is 0 Å². The molecule has 2 aromatic rings. The van der Waals surface area contributed by atoms with Crippen LogP contribution in [0.2, 0.25) is 0 Å². The molecule has 2 amide bonds. The molecule has 0 saturated carbocycles. The first-order valence-electron chi connectivity index (χ1n) is 9.03. The smallest absolute Gasteiger partial charge is 0.274 e. The van der Waals surface area contributed by atoms with Crippen molar-refractivity contribution in [3.63, 3.8) is 0 Å². The molecule has 0 saturated heterocycles. The molecule has 0 unspecified atom stereocenters. The Balaban J connectivity index is 1.86. The number of nitrogens with zero attached hydrogens (tertiary/aromatic N) is 2. The van der Waals surface area contributed by atoms with Crippen LogP contribution in [0.1, 0.15) is 33.3 Å². The van der Waals surface area contributed by atoms with E-state index in [0.29, 0.717) is 25.2 Å². The summed E-state index contributed by atoms with van der Waals surface area (Å²) in [4.78, 5) is 38.8. The first-order chi connectivity index (χ1) is 14.2. The maximum absolute atomic E-state index is 13.7. The monoisotopic (exact) mass is 421 g/mol. The predicted molar refractivity (Wildman–Crippen MR) is 101 cm³/mol. The van der Waals surface area contributed by atoms with Crippen LogP contribution >= 0.6 is 0 Å². The topological polar surface area (TPSA) is 91.6 Å². The number of carbonyl (C=O) groups is 2. The van der Waals surface area contributed by atoms with Crippen LogP contribution in [0.5, 0.6) is 5.75 Å². The van der Waals surface area contributed by atoms with E-state index in [2.05, 4.69) is 5.32 Å². The predicted octanol–water partition coefficient (Wildman–Crippen LogP) is 1.93. The quantitative estimate of drug-likeness (QED) is 0.722. The molecular formula is C20H18F3N3O4. The van der Waals surface area contributed by atoms with Crippen LogP contribution in [0.15, 0.2) is 35.3 Å². The van der Waals surface area contributed by atoms with Gasteiger partial charge in [0.2, 0.25) is 5.43 Å². The minimum atomic E-state index is -1.19. The Hall–Kier alpha value is -3.56. The number of benzene rings is 1. The normalized spacial score (nSPS) is 13.6. The average molecular weight is 421 g/mol. The molecule has 1 aliphatic heterocycles. The Morgan fingerprint density at radius 2 is 1.87 bits per heavy atom. The second-order valence-corrected chi connectivity index (χ2v) is 6.61. The molecule has 1 aliphatic rings. The van der Waals surface area contributed by atoms with E-state index in [-0.39, 0.29) is 12.2 Å². The lowest BCUT2D eigenvalue weighted by Crippen LogP contribution is -2.42. The summed E-state index contributed by atoms with van der Waals surface area (Å²) in [7, 11) is 0. The van der Waals surface area contributed by atoms with Gasteiger partial charge in [0.1, 0.15) is 23.0 Å². The number of rotatable bonds is 5. The average Bonchev–Trinajstić information content (AvgIpc) is 2.68. The second-order valence-electron chi connectivity index (χ2n) is 6.61. The van der Waals surface area contributed by atoms with Crippen molar-refractivity contribution in [3.05, 3.63) is 75.0 Å². The minimum Gasteiger partial charge on any atom is -0.503 e. The van der Waals surface area contributed by atoms with Crippen molar-refractivity contribution in [2.45, 2.75) is 20.0 Å². The van der Waals surface area contributed by atoms with Crippen LogP contribution in [0, 0.1) is 17.5 Å². The van der Waals surface area contributed by atoms with Crippen molar-refractivity contribution in [2.75, 3.05) is 13.1 Å². The van der Waals surface area contributed by atoms with Gasteiger partial charge < -0.3 is 19.9 Å². The van der Waals surface area contributed by atoms with E-state index in [1.54, 1.807) is 19.1 Å². The number of allylic oxidation sites excluding steroid dienone is 1. The fourth-order valence-corrected chi connectivity index (χ4v) is 3.10. The van der Waals surface area contributed by atoms with Crippen molar-refractivity contribution in [1.82, 2.24) is 14.8 Å². The second kappa shape index (κ2) is 8.44. The standard InChI is InChI=1S/C20H18F3N3O4/c1-2-3-4-25-5-6-26-10-13(17(27)18(28)16(26)20(25)30)19(29)24-9-12-14(22)7-11(21)8-15(12)23/h2-3,7-8,10,28H,4-6,9H2,1H3,(H,24,29)/b3-2-. The molecule has 0 fully saturated rings. The Bertz CT molecular complexity index is 1090. The molecule has 2 heterocycles. The van der Waals surface area contributed by atoms with Gasteiger partial charge in [0.25, 0.3) is 11.8 Å². The van der Waals surface area contributed by atoms with E-state index in [9.17, 15) is 32.7 Å². The highest BCUT2D eigenvalue weighted by atomic mass is 19.1. The van der Waals surface area contributed by atoms with Crippen molar-refractivity contribution >= 4 is 11.8 Å². The first-order valence-corrected chi connectivity index (χ1v) is 9.03. The van der Waals surface area contributed by atoms with Gasteiger partial charge in [0.15, 0.2) is 11.4 Å². The molecule has 0 bridgehead atoms. The van der Waals surface area contributed by atoms with Gasteiger partial charge in [-0.25, -0.2) is 13.2 Å². The Morgan fingerprint density at radius 1 is 1.20 bits per heavy atom. The van der Waals surface area contributed by atoms with E-state index in [0.717, 1.165) is 6.20 Å². The molecule has 158 valence electrons. The molecule has 10 heteroatoms. The summed E-state index contributed by atoms with van der Waals surface area (Å²) in [5.74, 6) is -5.92. The van der Waals surface area contributed by atoms with Gasteiger partial charge in [-0.3, -0.25) is 14.4 Å². The highest BCUT2D eigenvalue weighted by molar-refractivity contribution is 5.99. The summed E-state index contributed by atoms with van der Waals surface area (Å²) in [5, 5.41) is 12.4. The number of fused-ring (bicyclic) bond motifs is 1. The fraction of sp³-hybridized carbons (Fsp3) is 0.250. The van der Waals surface area contributed by atoms with E-state index >= 15 is 0 Å². The lowest BCUT2D eigenvalue weighted by Gasteiger charge is -2.29. The highest BCUT2D eigenvalue weighted by Gasteiger charge is 2.30. The largest absolute Gasteiger partial charge is 0.503 e. The Labute approximate surface area is 169 Å². The van der Waals surface area contributed by atoms with Crippen LogP contribution in [0.4, 0.5) is 13.2 Å². The van der Waals surface area contributed by atoms with E-state index < -0.39 is 58.1 Å². The Morgan fingerprint density at radius 3 is 2.50 bits per heavy atom. The van der Waals surface area contributed by atoms with E-state index in [1.165, 1.54) is 9.47 Å². The molecule has 0 aliphatic carbocycles. The third-order valence-corrected chi connectivity index (χ3v) is 4.69. The number of nitrogens with one attached hydrogen (secondary N) is 1. The molecule has 7 nitrogen and oxygen atoms in total. The van der Waals surface area contributed by atoms with Crippen LogP contribution in [-0.4, -0.2) is 39.5 Å². The molecule has 1 aromatic heterocycles. The number of aromatic hydroxyl groups is 1. The number of aromatic nitrogens is 1. The van der Waals surface area contributed by atoms with Crippen LogP contribution in [-0.2, 0) is 13.1 Å². The van der Waals surface area contributed by atoms with Crippen LogP contribution in [0.3, 0.4) is 0 Å². The first kappa shape index (κ1) is 21.2. The third kappa shape index (κ3) is 3.93. The van der Waals surface area contributed by atoms with Gasteiger partial charge in [0.05, 0.1) is 0 Å². The highest BCUT2D eigenvalue weighted by Crippen LogP contribution is 2.20.